The van der Waals surface area contributed by atoms with Gasteiger partial charge in [0.1, 0.15) is 5.82 Å². The summed E-state index contributed by atoms with van der Waals surface area (Å²) in [4.78, 5) is 24.9. The minimum atomic E-state index is -0.549. The van der Waals surface area contributed by atoms with Gasteiger partial charge in [0, 0.05) is 5.69 Å². The number of hydrogen-bond donors (Lipinski definition) is 1. The quantitative estimate of drug-likeness (QED) is 0.784. The third kappa shape index (κ3) is 6.10. The van der Waals surface area contributed by atoms with E-state index in [1.165, 1.54) is 18.2 Å². The average molecular weight is 317 g/mol. The second kappa shape index (κ2) is 8.59. The molecule has 0 saturated carbocycles. The van der Waals surface area contributed by atoms with Gasteiger partial charge in [0.25, 0.3) is 0 Å². The Balaban J connectivity index is 2.54. The maximum Gasteiger partial charge on any atom is 0.320 e. The highest BCUT2D eigenvalue weighted by molar-refractivity contribution is 6.31. The third-order valence-corrected chi connectivity index (χ3v) is 2.97. The van der Waals surface area contributed by atoms with Crippen molar-refractivity contribution >= 4 is 29.2 Å². The molecule has 0 atom stereocenters. The van der Waals surface area contributed by atoms with Crippen LogP contribution in [0, 0.1) is 5.82 Å². The molecule has 1 aromatic rings. The summed E-state index contributed by atoms with van der Waals surface area (Å²) in [5.41, 5.74) is 0.401. The molecule has 21 heavy (non-hydrogen) atoms. The van der Waals surface area contributed by atoms with Crippen LogP contribution >= 0.6 is 11.6 Å². The number of carbonyl (C=O) groups excluding carboxylic acids is 2. The summed E-state index contributed by atoms with van der Waals surface area (Å²) >= 11 is 5.64. The Morgan fingerprint density at radius 1 is 1.33 bits per heavy atom. The van der Waals surface area contributed by atoms with E-state index in [2.05, 4.69) is 5.32 Å². The molecular weight excluding hydrogens is 299 g/mol. The van der Waals surface area contributed by atoms with Crippen LogP contribution in [0.2, 0.25) is 5.02 Å². The zero-order chi connectivity index (χ0) is 15.8. The number of hydrogen-bond acceptors (Lipinski definition) is 4. The zero-order valence-corrected chi connectivity index (χ0v) is 12.7. The van der Waals surface area contributed by atoms with Crippen molar-refractivity contribution in [1.82, 2.24) is 4.90 Å². The van der Waals surface area contributed by atoms with Gasteiger partial charge in [-0.25, -0.2) is 4.39 Å². The third-order valence-electron chi connectivity index (χ3n) is 2.68. The lowest BCUT2D eigenvalue weighted by molar-refractivity contribution is -0.144. The Kier molecular flexibility index (Phi) is 7.11. The fraction of sp³-hybridized carbons (Fsp3) is 0.429. The van der Waals surface area contributed by atoms with Gasteiger partial charge in [0.15, 0.2) is 0 Å². The summed E-state index contributed by atoms with van der Waals surface area (Å²) in [5, 5.41) is 2.53. The zero-order valence-electron chi connectivity index (χ0n) is 12.0. The van der Waals surface area contributed by atoms with Crippen LogP contribution in [-0.4, -0.2) is 43.0 Å². The van der Waals surface area contributed by atoms with Gasteiger partial charge >= 0.3 is 5.97 Å². The van der Waals surface area contributed by atoms with E-state index in [1.54, 1.807) is 11.8 Å². The number of anilines is 1. The first kappa shape index (κ1) is 17.4. The van der Waals surface area contributed by atoms with Crippen molar-refractivity contribution in [3.63, 3.8) is 0 Å². The van der Waals surface area contributed by atoms with Gasteiger partial charge in [-0.05, 0) is 31.7 Å². The van der Waals surface area contributed by atoms with Gasteiger partial charge in [-0.15, -0.1) is 0 Å². The van der Waals surface area contributed by atoms with E-state index in [4.69, 9.17) is 16.3 Å². The lowest BCUT2D eigenvalue weighted by Crippen LogP contribution is -2.37. The molecule has 1 N–H and O–H groups in total. The van der Waals surface area contributed by atoms with E-state index in [9.17, 15) is 14.0 Å². The summed E-state index contributed by atoms with van der Waals surface area (Å²) in [6.07, 6.45) is 0. The minimum Gasteiger partial charge on any atom is -0.465 e. The standard InChI is InChI=1S/C14H18ClFN2O3/c1-3-18(9-14(20)21-4-2)8-13(19)17-10-5-6-12(16)11(15)7-10/h5-7H,3-4,8-9H2,1-2H3,(H,17,19). The number of rotatable bonds is 7. The summed E-state index contributed by atoms with van der Waals surface area (Å²) < 4.78 is 17.8. The van der Waals surface area contributed by atoms with Crippen LogP contribution in [0.15, 0.2) is 18.2 Å². The van der Waals surface area contributed by atoms with E-state index in [0.29, 0.717) is 18.8 Å². The molecule has 0 saturated heterocycles. The highest BCUT2D eigenvalue weighted by atomic mass is 35.5. The number of benzene rings is 1. The molecule has 0 bridgehead atoms. The molecule has 0 aliphatic carbocycles. The second-order valence-corrected chi connectivity index (χ2v) is 4.69. The normalized spacial score (nSPS) is 10.5. The first-order valence-corrected chi connectivity index (χ1v) is 6.97. The monoisotopic (exact) mass is 316 g/mol. The molecule has 0 spiro atoms. The topological polar surface area (TPSA) is 58.6 Å². The van der Waals surface area contributed by atoms with E-state index >= 15 is 0 Å². The van der Waals surface area contributed by atoms with Crippen molar-refractivity contribution in [1.29, 1.82) is 0 Å². The molecule has 0 radical (unpaired) electrons. The Morgan fingerprint density at radius 2 is 2.05 bits per heavy atom. The Bertz CT molecular complexity index is 511. The highest BCUT2D eigenvalue weighted by Crippen LogP contribution is 2.19. The fourth-order valence-corrected chi connectivity index (χ4v) is 1.83. The van der Waals surface area contributed by atoms with Gasteiger partial charge in [-0.2, -0.15) is 0 Å². The molecule has 5 nitrogen and oxygen atoms in total. The number of halogens is 2. The number of carbonyl (C=O) groups is 2. The summed E-state index contributed by atoms with van der Waals surface area (Å²) in [5.74, 6) is -1.24. The molecule has 0 heterocycles. The highest BCUT2D eigenvalue weighted by Gasteiger charge is 2.14. The Hall–Kier alpha value is -1.66. The van der Waals surface area contributed by atoms with Crippen LogP contribution in [0.3, 0.4) is 0 Å². The summed E-state index contributed by atoms with van der Waals surface area (Å²) in [6, 6.07) is 3.92. The molecule has 0 fully saturated rings. The van der Waals surface area contributed by atoms with E-state index in [-0.39, 0.29) is 30.0 Å². The van der Waals surface area contributed by atoms with Crippen molar-refractivity contribution < 1.29 is 18.7 Å². The molecule has 0 aliphatic rings. The van der Waals surface area contributed by atoms with Gasteiger partial charge < -0.3 is 10.1 Å². The van der Waals surface area contributed by atoms with Gasteiger partial charge in [-0.3, -0.25) is 14.5 Å². The van der Waals surface area contributed by atoms with Crippen LogP contribution in [0.1, 0.15) is 13.8 Å². The molecular formula is C14H18ClFN2O3. The maximum atomic E-state index is 13.0. The first-order chi connectivity index (χ1) is 9.96. The fourth-order valence-electron chi connectivity index (χ4n) is 1.65. The number of nitrogens with one attached hydrogen (secondary N) is 1. The van der Waals surface area contributed by atoms with Crippen molar-refractivity contribution in [2.45, 2.75) is 13.8 Å². The molecule has 0 aromatic heterocycles. The second-order valence-electron chi connectivity index (χ2n) is 4.29. The Labute approximate surface area is 128 Å². The van der Waals surface area contributed by atoms with Crippen molar-refractivity contribution in [2.75, 3.05) is 31.6 Å². The van der Waals surface area contributed by atoms with Crippen molar-refractivity contribution in [3.05, 3.63) is 29.0 Å². The molecule has 0 aliphatic heterocycles. The van der Waals surface area contributed by atoms with Gasteiger partial charge in [0.05, 0.1) is 24.7 Å². The van der Waals surface area contributed by atoms with Gasteiger partial charge in [0.2, 0.25) is 5.91 Å². The molecule has 0 unspecified atom stereocenters. The number of amides is 1. The van der Waals surface area contributed by atoms with Crippen LogP contribution < -0.4 is 5.32 Å². The first-order valence-electron chi connectivity index (χ1n) is 6.59. The molecule has 1 amide bonds. The summed E-state index contributed by atoms with van der Waals surface area (Å²) in [7, 11) is 0. The largest absolute Gasteiger partial charge is 0.465 e. The molecule has 116 valence electrons. The number of esters is 1. The summed E-state index contributed by atoms with van der Waals surface area (Å²) in [6.45, 7) is 4.46. The van der Waals surface area contributed by atoms with Crippen molar-refractivity contribution in [3.8, 4) is 0 Å². The molecule has 1 aromatic carbocycles. The minimum absolute atomic E-state index is 0.0321. The van der Waals surface area contributed by atoms with Crippen LogP contribution in [0.5, 0.6) is 0 Å². The molecule has 1 rings (SSSR count). The predicted octanol–water partition coefficient (Wildman–Crippen LogP) is 2.30. The number of likely N-dealkylation sites (N-methyl/N-ethyl adjacent to an activating group) is 1. The lowest BCUT2D eigenvalue weighted by atomic mass is 10.3. The van der Waals surface area contributed by atoms with E-state index in [1.807, 2.05) is 6.92 Å². The predicted molar refractivity (Wildman–Crippen MR) is 78.8 cm³/mol. The Morgan fingerprint density at radius 3 is 2.62 bits per heavy atom. The number of ether oxygens (including phenoxy) is 1. The van der Waals surface area contributed by atoms with E-state index < -0.39 is 5.82 Å². The molecule has 7 heteroatoms. The van der Waals surface area contributed by atoms with Crippen molar-refractivity contribution in [2.24, 2.45) is 0 Å². The van der Waals surface area contributed by atoms with E-state index in [0.717, 1.165) is 0 Å². The lowest BCUT2D eigenvalue weighted by Gasteiger charge is -2.18. The van der Waals surface area contributed by atoms with Crippen LogP contribution in [0.4, 0.5) is 10.1 Å². The maximum absolute atomic E-state index is 13.0. The van der Waals surface area contributed by atoms with Gasteiger partial charge in [-0.1, -0.05) is 18.5 Å². The number of nitrogens with zero attached hydrogens (tertiary/aromatic N) is 1. The smallest absolute Gasteiger partial charge is 0.320 e. The average Bonchev–Trinajstić information content (AvgIpc) is 2.42. The SMILES string of the molecule is CCOC(=O)CN(CC)CC(=O)Nc1ccc(F)c(Cl)c1. The van der Waals surface area contributed by atoms with Crippen LogP contribution in [0.25, 0.3) is 0 Å². The van der Waals surface area contributed by atoms with Crippen LogP contribution in [-0.2, 0) is 14.3 Å².